The fraction of sp³-hybridized carbons (Fsp3) is 0.0714. The number of halogens is 2. The minimum Gasteiger partial charge on any atom is -0.399 e. The highest BCUT2D eigenvalue weighted by molar-refractivity contribution is 9.10. The topological polar surface area (TPSA) is 71.8 Å². The summed E-state index contributed by atoms with van der Waals surface area (Å²) in [4.78, 5) is 7.27. The molecule has 0 spiro atoms. The molecule has 3 rings (SSSR count). The van der Waals surface area contributed by atoms with Crippen LogP contribution in [0.1, 0.15) is 5.56 Å². The number of fused-ring (bicyclic) bond motifs is 1. The molecule has 108 valence electrons. The lowest BCUT2D eigenvalue weighted by atomic mass is 10.2. The average Bonchev–Trinajstić information content (AvgIpc) is 2.87. The maximum atomic E-state index is 13.5. The van der Waals surface area contributed by atoms with Crippen LogP contribution in [0.3, 0.4) is 0 Å². The van der Waals surface area contributed by atoms with Crippen molar-refractivity contribution in [3.63, 3.8) is 0 Å². The number of nitrogen functional groups attached to an aromatic ring is 1. The van der Waals surface area contributed by atoms with E-state index in [-0.39, 0.29) is 11.6 Å². The van der Waals surface area contributed by atoms with Gasteiger partial charge in [-0.25, -0.2) is 9.37 Å². The van der Waals surface area contributed by atoms with E-state index in [0.29, 0.717) is 26.4 Å². The molecule has 0 aliphatic heterocycles. The van der Waals surface area contributed by atoms with Crippen LogP contribution in [0.5, 0.6) is 0 Å². The number of hydrogen-bond acceptors (Lipinski definition) is 3. The third-order valence-corrected chi connectivity index (χ3v) is 5.10. The normalized spacial score (nSPS) is 12.7. The molecule has 3 N–H and O–H groups in total. The van der Waals surface area contributed by atoms with Crippen LogP contribution in [0.2, 0.25) is 0 Å². The maximum absolute atomic E-state index is 13.5. The van der Waals surface area contributed by atoms with Crippen LogP contribution in [0, 0.1) is 5.82 Å². The van der Waals surface area contributed by atoms with Gasteiger partial charge in [-0.3, -0.25) is 4.21 Å². The first-order valence-corrected chi connectivity index (χ1v) is 8.22. The number of H-pyrrole nitrogens is 1. The quantitative estimate of drug-likeness (QED) is 0.697. The van der Waals surface area contributed by atoms with Gasteiger partial charge in [-0.05, 0) is 45.8 Å². The van der Waals surface area contributed by atoms with Crippen LogP contribution >= 0.6 is 15.9 Å². The van der Waals surface area contributed by atoms with E-state index in [0.717, 1.165) is 5.52 Å². The Labute approximate surface area is 131 Å². The molecule has 2 aromatic carbocycles. The Bertz CT molecular complexity index is 849. The van der Waals surface area contributed by atoms with Gasteiger partial charge < -0.3 is 10.7 Å². The van der Waals surface area contributed by atoms with Crippen molar-refractivity contribution in [2.24, 2.45) is 0 Å². The molecule has 0 amide bonds. The molecule has 0 saturated heterocycles. The molecular formula is C14H11BrFN3OS. The number of aromatic nitrogens is 2. The summed E-state index contributed by atoms with van der Waals surface area (Å²) in [6, 6.07) is 9.90. The van der Waals surface area contributed by atoms with Gasteiger partial charge in [0.05, 0.1) is 32.1 Å². The molecule has 0 aliphatic carbocycles. The van der Waals surface area contributed by atoms with Gasteiger partial charge in [-0.1, -0.05) is 12.1 Å². The third kappa shape index (κ3) is 2.84. The summed E-state index contributed by atoms with van der Waals surface area (Å²) >= 11 is 3.17. The Kier molecular flexibility index (Phi) is 3.77. The van der Waals surface area contributed by atoms with E-state index in [9.17, 15) is 8.60 Å². The molecule has 3 aromatic rings. The molecular weight excluding hydrogens is 357 g/mol. The Morgan fingerprint density at radius 2 is 2.14 bits per heavy atom. The molecule has 0 bridgehead atoms. The van der Waals surface area contributed by atoms with E-state index >= 15 is 0 Å². The van der Waals surface area contributed by atoms with Gasteiger partial charge in [-0.15, -0.1) is 0 Å². The van der Waals surface area contributed by atoms with Crippen molar-refractivity contribution in [3.8, 4) is 0 Å². The van der Waals surface area contributed by atoms with Gasteiger partial charge in [0.2, 0.25) is 0 Å². The van der Waals surface area contributed by atoms with E-state index in [1.807, 2.05) is 0 Å². The molecule has 1 heterocycles. The molecule has 0 fully saturated rings. The predicted octanol–water partition coefficient (Wildman–Crippen LogP) is 3.35. The first-order chi connectivity index (χ1) is 10.0. The standard InChI is InChI=1S/C14H11BrFN3OS/c15-13-8(2-1-3-10(13)16)7-21(20)14-18-11-5-4-9(17)6-12(11)19-14/h1-6H,7,17H2,(H,18,19). The summed E-state index contributed by atoms with van der Waals surface area (Å²) in [5.74, 6) is -0.199. The number of nitrogens with one attached hydrogen (secondary N) is 1. The predicted molar refractivity (Wildman–Crippen MR) is 84.7 cm³/mol. The summed E-state index contributed by atoms with van der Waals surface area (Å²) in [5, 5.41) is 0.353. The summed E-state index contributed by atoms with van der Waals surface area (Å²) in [5.41, 5.74) is 8.37. The number of nitrogens with zero attached hydrogens (tertiary/aromatic N) is 1. The molecule has 21 heavy (non-hydrogen) atoms. The van der Waals surface area contributed by atoms with Crippen molar-refractivity contribution in [2.75, 3.05) is 5.73 Å². The first kappa shape index (κ1) is 14.2. The van der Waals surface area contributed by atoms with Crippen molar-refractivity contribution >= 4 is 43.5 Å². The van der Waals surface area contributed by atoms with Gasteiger partial charge in [0.1, 0.15) is 5.82 Å². The van der Waals surface area contributed by atoms with E-state index in [1.54, 1.807) is 30.3 Å². The minimum atomic E-state index is -1.40. The van der Waals surface area contributed by atoms with Gasteiger partial charge in [0.15, 0.2) is 5.16 Å². The van der Waals surface area contributed by atoms with Gasteiger partial charge in [-0.2, -0.15) is 0 Å². The SMILES string of the molecule is Nc1ccc2nc(S(=O)Cc3cccc(F)c3Br)[nH]c2c1. The lowest BCUT2D eigenvalue weighted by Crippen LogP contribution is -2.00. The Morgan fingerprint density at radius 3 is 2.95 bits per heavy atom. The number of nitrogens with two attached hydrogens (primary N) is 1. The molecule has 1 unspecified atom stereocenters. The van der Waals surface area contributed by atoms with Crippen molar-refractivity contribution in [1.29, 1.82) is 0 Å². The molecule has 4 nitrogen and oxygen atoms in total. The fourth-order valence-electron chi connectivity index (χ4n) is 1.98. The zero-order valence-electron chi connectivity index (χ0n) is 10.8. The molecule has 0 saturated carbocycles. The maximum Gasteiger partial charge on any atom is 0.197 e. The summed E-state index contributed by atoms with van der Waals surface area (Å²) in [6.45, 7) is 0. The number of rotatable bonds is 3. The van der Waals surface area contributed by atoms with Gasteiger partial charge >= 0.3 is 0 Å². The number of anilines is 1. The second-order valence-corrected chi connectivity index (χ2v) is 6.68. The first-order valence-electron chi connectivity index (χ1n) is 6.11. The van der Waals surface area contributed by atoms with Crippen LogP contribution in [0.25, 0.3) is 11.0 Å². The van der Waals surface area contributed by atoms with Crippen LogP contribution in [-0.4, -0.2) is 14.2 Å². The highest BCUT2D eigenvalue weighted by Gasteiger charge is 2.14. The lowest BCUT2D eigenvalue weighted by Gasteiger charge is -2.03. The summed E-state index contributed by atoms with van der Waals surface area (Å²) in [6.07, 6.45) is 0. The van der Waals surface area contributed by atoms with E-state index in [4.69, 9.17) is 5.73 Å². The Hall–Kier alpha value is -1.73. The second kappa shape index (κ2) is 5.57. The zero-order chi connectivity index (χ0) is 15.0. The summed E-state index contributed by atoms with van der Waals surface area (Å²) in [7, 11) is -1.40. The van der Waals surface area contributed by atoms with Crippen molar-refractivity contribution in [3.05, 3.63) is 52.3 Å². The lowest BCUT2D eigenvalue weighted by molar-refractivity contribution is 0.619. The molecule has 1 aromatic heterocycles. The van der Waals surface area contributed by atoms with E-state index < -0.39 is 10.8 Å². The molecule has 0 aliphatic rings. The van der Waals surface area contributed by atoms with Crippen molar-refractivity contribution in [2.45, 2.75) is 10.9 Å². The number of hydrogen-bond donors (Lipinski definition) is 2. The Balaban J connectivity index is 1.91. The van der Waals surface area contributed by atoms with Gasteiger partial charge in [0.25, 0.3) is 0 Å². The molecule has 0 radical (unpaired) electrons. The largest absolute Gasteiger partial charge is 0.399 e. The Morgan fingerprint density at radius 1 is 1.33 bits per heavy atom. The van der Waals surface area contributed by atoms with Crippen molar-refractivity contribution < 1.29 is 8.60 Å². The third-order valence-electron chi connectivity index (χ3n) is 3.02. The number of aromatic amines is 1. The van der Waals surface area contributed by atoms with Crippen LogP contribution in [0.15, 0.2) is 46.0 Å². The smallest absolute Gasteiger partial charge is 0.197 e. The van der Waals surface area contributed by atoms with Crippen LogP contribution in [0.4, 0.5) is 10.1 Å². The number of benzene rings is 2. The fourth-order valence-corrected chi connectivity index (χ4v) is 3.65. The van der Waals surface area contributed by atoms with Crippen LogP contribution in [-0.2, 0) is 16.6 Å². The van der Waals surface area contributed by atoms with Crippen LogP contribution < -0.4 is 5.73 Å². The van der Waals surface area contributed by atoms with Crippen molar-refractivity contribution in [1.82, 2.24) is 9.97 Å². The summed E-state index contributed by atoms with van der Waals surface area (Å²) < 4.78 is 26.2. The second-order valence-electron chi connectivity index (χ2n) is 4.52. The van der Waals surface area contributed by atoms with E-state index in [1.165, 1.54) is 6.07 Å². The monoisotopic (exact) mass is 367 g/mol. The van der Waals surface area contributed by atoms with E-state index in [2.05, 4.69) is 25.9 Å². The number of imidazole rings is 1. The highest BCUT2D eigenvalue weighted by atomic mass is 79.9. The highest BCUT2D eigenvalue weighted by Crippen LogP contribution is 2.24. The van der Waals surface area contributed by atoms with Gasteiger partial charge in [0, 0.05) is 5.69 Å². The average molecular weight is 368 g/mol. The zero-order valence-corrected chi connectivity index (χ0v) is 13.2. The molecule has 1 atom stereocenters. The minimum absolute atomic E-state index is 0.174. The molecule has 7 heteroatoms.